The van der Waals surface area contributed by atoms with E-state index in [-0.39, 0.29) is 35.3 Å². The first-order valence-corrected chi connectivity index (χ1v) is 14.6. The van der Waals surface area contributed by atoms with Crippen LogP contribution < -0.4 is 20.1 Å². The van der Waals surface area contributed by atoms with Crippen molar-refractivity contribution >= 4 is 30.8 Å². The molecule has 0 radical (unpaired) electrons. The minimum Gasteiger partial charge on any atom is -0.476 e. The van der Waals surface area contributed by atoms with Crippen LogP contribution in [0.5, 0.6) is 11.6 Å². The van der Waals surface area contributed by atoms with Crippen molar-refractivity contribution in [3.05, 3.63) is 36.7 Å². The largest absolute Gasteiger partial charge is 0.476 e. The Kier molecular flexibility index (Phi) is 7.43. The highest BCUT2D eigenvalue weighted by Crippen LogP contribution is 2.73. The van der Waals surface area contributed by atoms with Gasteiger partial charge in [0.25, 0.3) is 5.85 Å². The Morgan fingerprint density at radius 1 is 1.26 bits per heavy atom. The van der Waals surface area contributed by atoms with Gasteiger partial charge in [-0.2, -0.15) is 15.1 Å². The summed E-state index contributed by atoms with van der Waals surface area (Å²) in [5.74, 6) is -4.17. The standard InChI is InChI=1S/C25H31F2N6O8P/c1-6-37-18-16-17(30-22(28)31-18)33(12-29-16)21-23(5,26)24(35)20(25(24,27)39-21)41-42(36,40-15-10-8-7-9-11-15)32-14(4)19(34)38-13(2)3/h7-14,20-21,35H,6H2,1-5H3,(H,32,36)(H2,28,30,31)/t14?,20-,21+,23-,24-,25+,42+/m0/s1. The number of aliphatic hydroxyl groups is 1. The number of fused-ring (bicyclic) bond motifs is 2. The third-order valence-electron chi connectivity index (χ3n) is 6.86. The van der Waals surface area contributed by atoms with Gasteiger partial charge in [-0.25, -0.2) is 18.3 Å². The molecular weight excluding hydrogens is 581 g/mol. The number of ether oxygens (including phenoxy) is 3. The zero-order valence-electron chi connectivity index (χ0n) is 23.4. The Bertz CT molecular complexity index is 1540. The molecule has 1 saturated carbocycles. The van der Waals surface area contributed by atoms with Crippen LogP contribution in [0.15, 0.2) is 36.7 Å². The van der Waals surface area contributed by atoms with Gasteiger partial charge in [0.05, 0.1) is 19.0 Å². The fourth-order valence-electron chi connectivity index (χ4n) is 4.81. The van der Waals surface area contributed by atoms with Gasteiger partial charge in [-0.05, 0) is 46.8 Å². The number of nitrogens with two attached hydrogens (primary N) is 1. The molecule has 1 aliphatic carbocycles. The monoisotopic (exact) mass is 612 g/mol. The number of carbonyl (C=O) groups is 1. The molecule has 7 atom stereocenters. The van der Waals surface area contributed by atoms with Crippen LogP contribution in [0.1, 0.15) is 40.8 Å². The summed E-state index contributed by atoms with van der Waals surface area (Å²) in [6.07, 6.45) is -3.33. The minimum atomic E-state index is -4.69. The lowest BCUT2D eigenvalue weighted by atomic mass is 9.97. The number of halogens is 2. The van der Waals surface area contributed by atoms with E-state index in [2.05, 4.69) is 20.0 Å². The molecule has 14 nitrogen and oxygen atoms in total. The van der Waals surface area contributed by atoms with Gasteiger partial charge >= 0.3 is 13.7 Å². The van der Waals surface area contributed by atoms with Crippen LogP contribution in [0, 0.1) is 0 Å². The maximum Gasteiger partial charge on any atom is 0.460 e. The molecule has 2 aliphatic rings. The van der Waals surface area contributed by atoms with Crippen LogP contribution in [-0.2, 0) is 23.4 Å². The van der Waals surface area contributed by atoms with E-state index in [1.54, 1.807) is 39.0 Å². The van der Waals surface area contributed by atoms with Crippen LogP contribution >= 0.6 is 7.75 Å². The number of hydrogen-bond acceptors (Lipinski definition) is 12. The van der Waals surface area contributed by atoms with Gasteiger partial charge in [-0.15, -0.1) is 0 Å². The molecule has 2 fully saturated rings. The lowest BCUT2D eigenvalue weighted by Gasteiger charge is -2.31. The normalized spacial score (nSPS) is 30.5. The SMILES string of the molecule is CCOc1nc(N)nc2c1ncn2[C@@H]1O[C@]2(F)[C@@H](O[P@@](=O)(NC(C)C(=O)OC(C)C)Oc3ccccc3)[C@]2(O)[C@@]1(C)F. The van der Waals surface area contributed by atoms with Crippen molar-refractivity contribution in [1.82, 2.24) is 24.6 Å². The average molecular weight is 613 g/mol. The summed E-state index contributed by atoms with van der Waals surface area (Å²) in [5.41, 5.74) is -0.0447. The average Bonchev–Trinajstić information content (AvgIpc) is 3.15. The van der Waals surface area contributed by atoms with E-state index in [1.807, 2.05) is 0 Å². The summed E-state index contributed by atoms with van der Waals surface area (Å²) in [7, 11) is -4.69. The van der Waals surface area contributed by atoms with Gasteiger partial charge in [-0.3, -0.25) is 13.9 Å². The van der Waals surface area contributed by atoms with Crippen molar-refractivity contribution in [1.29, 1.82) is 0 Å². The molecule has 5 rings (SSSR count). The predicted octanol–water partition coefficient (Wildman–Crippen LogP) is 2.98. The molecule has 42 heavy (non-hydrogen) atoms. The number of anilines is 1. The summed E-state index contributed by atoms with van der Waals surface area (Å²) in [6.45, 7) is 7.37. The van der Waals surface area contributed by atoms with Crippen LogP contribution in [0.2, 0.25) is 0 Å². The first-order valence-electron chi connectivity index (χ1n) is 13.1. The molecule has 1 saturated heterocycles. The molecule has 1 unspecified atom stereocenters. The van der Waals surface area contributed by atoms with E-state index in [1.165, 1.54) is 19.1 Å². The zero-order valence-corrected chi connectivity index (χ0v) is 24.2. The Labute approximate surface area is 239 Å². The van der Waals surface area contributed by atoms with Crippen molar-refractivity contribution in [3.63, 3.8) is 0 Å². The summed E-state index contributed by atoms with van der Waals surface area (Å²) in [4.78, 5) is 24.6. The molecule has 2 aromatic heterocycles. The van der Waals surface area contributed by atoms with Crippen molar-refractivity contribution in [2.24, 2.45) is 0 Å². The number of esters is 1. The number of para-hydroxylation sites is 1. The molecule has 17 heteroatoms. The Morgan fingerprint density at radius 2 is 1.95 bits per heavy atom. The number of nitrogens with zero attached hydrogens (tertiary/aromatic N) is 4. The maximum atomic E-state index is 16.5. The Balaban J connectivity index is 1.44. The van der Waals surface area contributed by atoms with Crippen LogP contribution in [0.25, 0.3) is 11.2 Å². The summed E-state index contributed by atoms with van der Waals surface area (Å²) < 4.78 is 74.6. The number of imidazole rings is 1. The zero-order chi connectivity index (χ0) is 30.7. The highest BCUT2D eigenvalue weighted by Gasteiger charge is 2.96. The minimum absolute atomic E-state index is 0.0209. The fourth-order valence-corrected chi connectivity index (χ4v) is 6.51. The number of rotatable bonds is 11. The fraction of sp³-hybridized carbons (Fsp3) is 0.520. The molecule has 3 aromatic rings. The van der Waals surface area contributed by atoms with E-state index in [9.17, 15) is 14.5 Å². The van der Waals surface area contributed by atoms with Gasteiger partial charge in [0.15, 0.2) is 34.8 Å². The summed E-state index contributed by atoms with van der Waals surface area (Å²) in [5, 5.41) is 13.7. The van der Waals surface area contributed by atoms with Gasteiger partial charge in [-0.1, -0.05) is 18.2 Å². The van der Waals surface area contributed by atoms with Crippen molar-refractivity contribution in [2.45, 2.75) is 76.2 Å². The molecule has 0 amide bonds. The molecule has 3 heterocycles. The highest BCUT2D eigenvalue weighted by molar-refractivity contribution is 7.52. The molecule has 228 valence electrons. The first kappa shape index (κ1) is 30.0. The molecular formula is C25H31F2N6O8P. The number of alkyl halides is 2. The number of aromatic nitrogens is 4. The lowest BCUT2D eigenvalue weighted by Crippen LogP contribution is -2.45. The third-order valence-corrected chi connectivity index (χ3v) is 8.50. The number of carbonyl (C=O) groups excluding carboxylic acids is 1. The van der Waals surface area contributed by atoms with Crippen molar-refractivity contribution in [2.75, 3.05) is 12.3 Å². The topological polar surface area (TPSA) is 182 Å². The maximum absolute atomic E-state index is 16.5. The van der Waals surface area contributed by atoms with Crippen LogP contribution in [0.3, 0.4) is 0 Å². The van der Waals surface area contributed by atoms with Crippen LogP contribution in [-0.4, -0.2) is 72.6 Å². The summed E-state index contributed by atoms with van der Waals surface area (Å²) in [6, 6.07) is 6.41. The number of nitrogen functional groups attached to an aromatic ring is 1. The van der Waals surface area contributed by atoms with Gasteiger partial charge < -0.3 is 29.6 Å². The van der Waals surface area contributed by atoms with E-state index in [0.29, 0.717) is 0 Å². The van der Waals surface area contributed by atoms with Crippen molar-refractivity contribution in [3.8, 4) is 11.6 Å². The molecule has 4 N–H and O–H groups in total. The van der Waals surface area contributed by atoms with E-state index < -0.39 is 55.3 Å². The van der Waals surface area contributed by atoms with E-state index in [0.717, 1.165) is 17.8 Å². The highest BCUT2D eigenvalue weighted by atomic mass is 31.2. The quantitative estimate of drug-likeness (QED) is 0.212. The second kappa shape index (κ2) is 10.4. The molecule has 0 bridgehead atoms. The molecule has 0 spiro atoms. The van der Waals surface area contributed by atoms with E-state index >= 15 is 8.78 Å². The first-order chi connectivity index (χ1) is 19.7. The lowest BCUT2D eigenvalue weighted by molar-refractivity contribution is -0.156. The smallest absolute Gasteiger partial charge is 0.460 e. The van der Waals surface area contributed by atoms with Crippen LogP contribution in [0.4, 0.5) is 14.7 Å². The Morgan fingerprint density at radius 3 is 2.55 bits per heavy atom. The number of benzene rings is 1. The summed E-state index contributed by atoms with van der Waals surface area (Å²) >= 11 is 0. The molecule has 1 aromatic carbocycles. The molecule has 1 aliphatic heterocycles. The second-order valence-corrected chi connectivity index (χ2v) is 12.0. The third kappa shape index (κ3) is 4.76. The van der Waals surface area contributed by atoms with Gasteiger partial charge in [0, 0.05) is 0 Å². The van der Waals surface area contributed by atoms with Gasteiger partial charge in [0.2, 0.25) is 11.8 Å². The Hall–Kier alpha value is -3.43. The number of hydrogen-bond donors (Lipinski definition) is 3. The van der Waals surface area contributed by atoms with Crippen molar-refractivity contribution < 1.29 is 46.5 Å². The predicted molar refractivity (Wildman–Crippen MR) is 143 cm³/mol. The second-order valence-electron chi connectivity index (χ2n) is 10.3. The van der Waals surface area contributed by atoms with Gasteiger partial charge in [0.1, 0.15) is 11.8 Å². The number of nitrogens with one attached hydrogen (secondary N) is 1. The van der Waals surface area contributed by atoms with E-state index in [4.69, 9.17) is 29.0 Å².